The van der Waals surface area contributed by atoms with Crippen LogP contribution in [0.3, 0.4) is 0 Å². The van der Waals surface area contributed by atoms with Crippen molar-refractivity contribution in [2.75, 3.05) is 0 Å². The Morgan fingerprint density at radius 3 is 0.891 bits per heavy atom. The molecule has 0 saturated carbocycles. The fourth-order valence-electron chi connectivity index (χ4n) is 6.86. The van der Waals surface area contributed by atoms with Gasteiger partial charge in [-0.15, -0.1) is 0 Å². The summed E-state index contributed by atoms with van der Waals surface area (Å²) < 4.78 is 0. The van der Waals surface area contributed by atoms with Gasteiger partial charge in [0.1, 0.15) is 0 Å². The monoisotopic (exact) mass is 704 g/mol. The maximum atomic E-state index is 5.03. The molecule has 4 heteroatoms. The van der Waals surface area contributed by atoms with E-state index in [1.165, 1.54) is 5.56 Å². The Labute approximate surface area is 321 Å². The number of aryl methyl sites for hydroxylation is 1. The lowest BCUT2D eigenvalue weighted by molar-refractivity contribution is 1.18. The molecule has 0 atom stereocenters. The summed E-state index contributed by atoms with van der Waals surface area (Å²) in [7, 11) is 0. The quantitative estimate of drug-likeness (QED) is 0.158. The minimum atomic E-state index is 0.714. The number of aromatic nitrogens is 4. The standard InChI is InChI=1S/C51H36N4/c1-35-12-11-19-45(32-35)51-54-47(41-15-7-3-8-16-41)34-49(55-51)43-30-26-39(27-31-43)37-22-20-36(21-23-37)38-24-28-42(29-25-38)48-33-46(40-13-5-2-6-14-40)52-50(53-48)44-17-9-4-10-18-44/h2-34H,1H3. The van der Waals surface area contributed by atoms with Gasteiger partial charge in [-0.25, -0.2) is 19.9 Å². The zero-order chi connectivity index (χ0) is 37.0. The van der Waals surface area contributed by atoms with Crippen LogP contribution >= 0.6 is 0 Å². The molecule has 0 N–H and O–H groups in total. The zero-order valence-corrected chi connectivity index (χ0v) is 30.3. The summed E-state index contributed by atoms with van der Waals surface area (Å²) >= 11 is 0. The minimum absolute atomic E-state index is 0.714. The average Bonchev–Trinajstić information content (AvgIpc) is 3.27. The first-order valence-electron chi connectivity index (χ1n) is 18.5. The molecule has 9 aromatic rings. The maximum Gasteiger partial charge on any atom is 0.160 e. The van der Waals surface area contributed by atoms with Crippen LogP contribution in [-0.4, -0.2) is 19.9 Å². The summed E-state index contributed by atoms with van der Waals surface area (Å²) in [4.78, 5) is 19.9. The molecule has 0 unspecified atom stereocenters. The van der Waals surface area contributed by atoms with Gasteiger partial charge >= 0.3 is 0 Å². The SMILES string of the molecule is Cc1cccc(-c2nc(-c3ccccc3)cc(-c3ccc(-c4ccc(-c5ccc(-c6cc(-c7ccccc7)nc(-c7ccccc7)n6)cc5)cc4)cc3)n2)c1. The van der Waals surface area contributed by atoms with E-state index in [0.717, 1.165) is 84.2 Å². The first-order chi connectivity index (χ1) is 27.1. The Morgan fingerprint density at radius 2 is 0.527 bits per heavy atom. The molecule has 0 amide bonds. The Kier molecular flexibility index (Phi) is 9.13. The predicted octanol–water partition coefficient (Wildman–Crippen LogP) is 12.9. The van der Waals surface area contributed by atoms with Crippen molar-refractivity contribution in [2.45, 2.75) is 6.92 Å². The van der Waals surface area contributed by atoms with Crippen LogP contribution < -0.4 is 0 Å². The van der Waals surface area contributed by atoms with Crippen LogP contribution in [-0.2, 0) is 0 Å². The molecule has 0 aliphatic heterocycles. The van der Waals surface area contributed by atoms with Gasteiger partial charge in [-0.3, -0.25) is 0 Å². The van der Waals surface area contributed by atoms with Crippen LogP contribution in [0.5, 0.6) is 0 Å². The van der Waals surface area contributed by atoms with E-state index in [9.17, 15) is 0 Å². The molecule has 9 rings (SSSR count). The summed E-state index contributed by atoms with van der Waals surface area (Å²) in [5.41, 5.74) is 15.6. The van der Waals surface area contributed by atoms with Crippen molar-refractivity contribution in [3.8, 4) is 90.1 Å². The molecular weight excluding hydrogens is 669 g/mol. The van der Waals surface area contributed by atoms with Gasteiger partial charge in [0, 0.05) is 33.4 Å². The van der Waals surface area contributed by atoms with Gasteiger partial charge in [-0.2, -0.15) is 0 Å². The van der Waals surface area contributed by atoms with E-state index in [2.05, 4.69) is 153 Å². The number of hydrogen-bond acceptors (Lipinski definition) is 4. The molecule has 0 spiro atoms. The van der Waals surface area contributed by atoms with E-state index >= 15 is 0 Å². The molecular formula is C51H36N4. The van der Waals surface area contributed by atoms with E-state index in [1.807, 2.05) is 54.6 Å². The highest BCUT2D eigenvalue weighted by molar-refractivity contribution is 5.77. The van der Waals surface area contributed by atoms with Crippen molar-refractivity contribution in [3.63, 3.8) is 0 Å². The molecule has 2 heterocycles. The fourth-order valence-corrected chi connectivity index (χ4v) is 6.86. The van der Waals surface area contributed by atoms with Crippen LogP contribution in [0.4, 0.5) is 0 Å². The molecule has 55 heavy (non-hydrogen) atoms. The lowest BCUT2D eigenvalue weighted by Gasteiger charge is -2.11. The van der Waals surface area contributed by atoms with Gasteiger partial charge in [0.15, 0.2) is 11.6 Å². The van der Waals surface area contributed by atoms with E-state index in [-0.39, 0.29) is 0 Å². The van der Waals surface area contributed by atoms with Gasteiger partial charge in [-0.1, -0.05) is 188 Å². The lowest BCUT2D eigenvalue weighted by Crippen LogP contribution is -1.96. The zero-order valence-electron chi connectivity index (χ0n) is 30.3. The van der Waals surface area contributed by atoms with Crippen molar-refractivity contribution < 1.29 is 0 Å². The van der Waals surface area contributed by atoms with Crippen LogP contribution in [0.1, 0.15) is 5.56 Å². The molecule has 0 saturated heterocycles. The molecule has 0 radical (unpaired) electrons. The van der Waals surface area contributed by atoms with E-state index in [4.69, 9.17) is 19.9 Å². The highest BCUT2D eigenvalue weighted by Gasteiger charge is 2.13. The number of nitrogens with zero attached hydrogens (tertiary/aromatic N) is 4. The third-order valence-electron chi connectivity index (χ3n) is 9.81. The third-order valence-corrected chi connectivity index (χ3v) is 9.81. The summed E-state index contributed by atoms with van der Waals surface area (Å²) in [6.45, 7) is 2.09. The largest absolute Gasteiger partial charge is 0.228 e. The second kappa shape index (κ2) is 15.0. The van der Waals surface area contributed by atoms with Crippen molar-refractivity contribution in [1.82, 2.24) is 19.9 Å². The summed E-state index contributed by atoms with van der Waals surface area (Å²) in [5.74, 6) is 1.43. The second-order valence-corrected chi connectivity index (χ2v) is 13.6. The van der Waals surface area contributed by atoms with E-state index in [1.54, 1.807) is 0 Å². The Hall–Kier alpha value is -7.30. The first-order valence-corrected chi connectivity index (χ1v) is 18.5. The lowest BCUT2D eigenvalue weighted by atomic mass is 9.98. The van der Waals surface area contributed by atoms with Gasteiger partial charge in [0.2, 0.25) is 0 Å². The average molecular weight is 705 g/mol. The maximum absolute atomic E-state index is 5.03. The molecule has 260 valence electrons. The van der Waals surface area contributed by atoms with E-state index < -0.39 is 0 Å². The summed E-state index contributed by atoms with van der Waals surface area (Å²) in [6.07, 6.45) is 0. The van der Waals surface area contributed by atoms with Crippen molar-refractivity contribution in [2.24, 2.45) is 0 Å². The normalized spacial score (nSPS) is 11.0. The highest BCUT2D eigenvalue weighted by atomic mass is 14.9. The predicted molar refractivity (Wildman–Crippen MR) is 226 cm³/mol. The molecule has 4 nitrogen and oxygen atoms in total. The molecule has 0 bridgehead atoms. The topological polar surface area (TPSA) is 51.6 Å². The Balaban J connectivity index is 0.971. The first kappa shape index (κ1) is 33.5. The van der Waals surface area contributed by atoms with Crippen LogP contribution in [0.15, 0.2) is 200 Å². The fraction of sp³-hybridized carbons (Fsp3) is 0.0196. The summed E-state index contributed by atoms with van der Waals surface area (Å²) in [5, 5.41) is 0. The van der Waals surface area contributed by atoms with Crippen LogP contribution in [0.2, 0.25) is 0 Å². The van der Waals surface area contributed by atoms with Gasteiger partial charge in [-0.05, 0) is 47.4 Å². The number of hydrogen-bond donors (Lipinski definition) is 0. The summed E-state index contributed by atoms with van der Waals surface area (Å²) in [6, 6.07) is 69.3. The second-order valence-electron chi connectivity index (χ2n) is 13.6. The van der Waals surface area contributed by atoms with Crippen molar-refractivity contribution in [1.29, 1.82) is 0 Å². The van der Waals surface area contributed by atoms with Gasteiger partial charge in [0.05, 0.1) is 22.8 Å². The molecule has 7 aromatic carbocycles. The van der Waals surface area contributed by atoms with Gasteiger partial charge in [0.25, 0.3) is 0 Å². The Morgan fingerprint density at radius 1 is 0.236 bits per heavy atom. The van der Waals surface area contributed by atoms with Crippen LogP contribution in [0, 0.1) is 6.92 Å². The Bertz CT molecular complexity index is 2650. The smallest absolute Gasteiger partial charge is 0.160 e. The number of rotatable bonds is 8. The molecule has 0 aliphatic carbocycles. The molecule has 0 fully saturated rings. The minimum Gasteiger partial charge on any atom is -0.228 e. The van der Waals surface area contributed by atoms with E-state index in [0.29, 0.717) is 5.82 Å². The third kappa shape index (κ3) is 7.35. The molecule has 0 aliphatic rings. The molecule has 2 aromatic heterocycles. The van der Waals surface area contributed by atoms with Crippen LogP contribution in [0.25, 0.3) is 90.1 Å². The highest BCUT2D eigenvalue weighted by Crippen LogP contribution is 2.32. The van der Waals surface area contributed by atoms with Gasteiger partial charge < -0.3 is 0 Å². The number of benzene rings is 7. The van der Waals surface area contributed by atoms with Crippen molar-refractivity contribution in [3.05, 3.63) is 206 Å². The van der Waals surface area contributed by atoms with Crippen molar-refractivity contribution >= 4 is 0 Å².